The number of carbonyl (C=O) groups is 2. The summed E-state index contributed by atoms with van der Waals surface area (Å²) in [5, 5.41) is 57.2. The number of rotatable bonds is 11. The average Bonchev–Trinajstić information content (AvgIpc) is 2.50. The minimum absolute atomic E-state index is 0. The molecule has 0 aromatic rings. The summed E-state index contributed by atoms with van der Waals surface area (Å²) in [6.45, 7) is -0.518. The Kier molecular flexibility index (Phi) is 13.4. The van der Waals surface area contributed by atoms with Crippen molar-refractivity contribution in [3.05, 3.63) is 0 Å². The number of unbranched alkanes of at least 4 members (excludes halogenated alkanes) is 1. The normalized spacial score (nSPS) is 17.3. The molecule has 23 heavy (non-hydrogen) atoms. The molecule has 0 heterocycles. The summed E-state index contributed by atoms with van der Waals surface area (Å²) in [5.74, 6) is -2.53. The molecule has 0 aliphatic rings. The van der Waals surface area contributed by atoms with E-state index in [2.05, 4.69) is 0 Å². The SMILES string of the molecule is NCCCC[C@H](NC(=O)[C@H](O)[C@@H](O)[C@H](O)[C@H](O)CO)C(=O)O.[SeH2]. The van der Waals surface area contributed by atoms with Crippen LogP contribution in [0.2, 0.25) is 0 Å². The Hall–Kier alpha value is -0.781. The van der Waals surface area contributed by atoms with Gasteiger partial charge in [0.15, 0.2) is 6.10 Å². The van der Waals surface area contributed by atoms with Crippen molar-refractivity contribution in [2.45, 2.75) is 49.7 Å². The maximum absolute atomic E-state index is 11.7. The van der Waals surface area contributed by atoms with Crippen LogP contribution in [-0.4, -0.2) is 103 Å². The van der Waals surface area contributed by atoms with Gasteiger partial charge in [0.2, 0.25) is 0 Å². The molecule has 10 nitrogen and oxygen atoms in total. The second-order valence-corrected chi connectivity index (χ2v) is 4.86. The summed E-state index contributed by atoms with van der Waals surface area (Å²) >= 11 is 0. The van der Waals surface area contributed by atoms with Crippen molar-refractivity contribution >= 4 is 28.9 Å². The van der Waals surface area contributed by atoms with Gasteiger partial charge in [-0.05, 0) is 25.8 Å². The zero-order valence-corrected chi connectivity index (χ0v) is 14.6. The first-order chi connectivity index (χ1) is 10.3. The molecular weight excluding hydrogens is 379 g/mol. The Bertz CT molecular complexity index is 360. The minimum atomic E-state index is -2.16. The van der Waals surface area contributed by atoms with Gasteiger partial charge in [-0.1, -0.05) is 0 Å². The van der Waals surface area contributed by atoms with Crippen LogP contribution < -0.4 is 11.1 Å². The molecule has 0 spiro atoms. The van der Waals surface area contributed by atoms with Crippen molar-refractivity contribution in [2.24, 2.45) is 5.73 Å². The molecule has 0 aromatic heterocycles. The van der Waals surface area contributed by atoms with Crippen molar-refractivity contribution in [1.29, 1.82) is 0 Å². The molecule has 0 fully saturated rings. The molecule has 0 bridgehead atoms. The predicted molar refractivity (Wildman–Crippen MR) is 82.1 cm³/mol. The van der Waals surface area contributed by atoms with Gasteiger partial charge in [-0.3, -0.25) is 4.79 Å². The van der Waals surface area contributed by atoms with Crippen LogP contribution in [0.4, 0.5) is 0 Å². The third-order valence-corrected chi connectivity index (χ3v) is 3.08. The van der Waals surface area contributed by atoms with Crippen molar-refractivity contribution in [1.82, 2.24) is 5.32 Å². The fourth-order valence-corrected chi connectivity index (χ4v) is 1.68. The number of carboxylic acids is 1. The van der Waals surface area contributed by atoms with Crippen LogP contribution in [0.1, 0.15) is 19.3 Å². The number of carbonyl (C=O) groups excluding carboxylic acids is 1. The molecule has 5 atom stereocenters. The molecule has 0 aromatic carbocycles. The van der Waals surface area contributed by atoms with Crippen LogP contribution in [0.3, 0.4) is 0 Å². The molecule has 0 rings (SSSR count). The molecule has 0 unspecified atom stereocenters. The molecule has 138 valence electrons. The number of carboxylic acid groups (broad SMARTS) is 1. The fraction of sp³-hybridized carbons (Fsp3) is 0.833. The molecule has 1 amide bonds. The van der Waals surface area contributed by atoms with Crippen LogP contribution in [0, 0.1) is 0 Å². The van der Waals surface area contributed by atoms with Crippen LogP contribution >= 0.6 is 0 Å². The molecule has 0 saturated heterocycles. The summed E-state index contributed by atoms with van der Waals surface area (Å²) in [6, 6.07) is -1.28. The van der Waals surface area contributed by atoms with Gasteiger partial charge in [-0.25, -0.2) is 4.79 Å². The summed E-state index contributed by atoms with van der Waals surface area (Å²) in [6.07, 6.45) is -6.87. The van der Waals surface area contributed by atoms with E-state index < -0.39 is 48.9 Å². The Morgan fingerprint density at radius 1 is 1.04 bits per heavy atom. The third kappa shape index (κ3) is 8.58. The standard InChI is InChI=1S/C12H24N2O8.H2Se/c13-4-2-1-3-6(12(21)22)14-11(20)10(19)9(18)8(17)7(16)5-15;/h6-10,15-19H,1-5,13H2,(H,14,20)(H,21,22);1H2/t6-,7+,8+,9-,10+;/m0./s1. The first-order valence-electron chi connectivity index (χ1n) is 6.82. The van der Waals surface area contributed by atoms with Gasteiger partial charge in [-0.2, -0.15) is 0 Å². The van der Waals surface area contributed by atoms with Gasteiger partial charge in [0.05, 0.1) is 6.61 Å². The second-order valence-electron chi connectivity index (χ2n) is 4.86. The second kappa shape index (κ2) is 12.6. The number of aliphatic hydroxyl groups excluding tert-OH is 5. The van der Waals surface area contributed by atoms with E-state index in [1.165, 1.54) is 0 Å². The quantitative estimate of drug-likeness (QED) is 0.123. The number of aliphatic carboxylic acids is 1. The van der Waals surface area contributed by atoms with E-state index in [9.17, 15) is 24.9 Å². The van der Waals surface area contributed by atoms with Gasteiger partial charge in [0.1, 0.15) is 24.4 Å². The van der Waals surface area contributed by atoms with Crippen molar-refractivity contribution in [2.75, 3.05) is 13.2 Å². The van der Waals surface area contributed by atoms with Crippen molar-refractivity contribution in [3.8, 4) is 0 Å². The van der Waals surface area contributed by atoms with Gasteiger partial charge < -0.3 is 41.7 Å². The van der Waals surface area contributed by atoms with Crippen LogP contribution in [0.15, 0.2) is 0 Å². The van der Waals surface area contributed by atoms with Crippen molar-refractivity contribution < 1.29 is 40.2 Å². The van der Waals surface area contributed by atoms with Gasteiger partial charge >= 0.3 is 23.0 Å². The first-order valence-corrected chi connectivity index (χ1v) is 6.82. The summed E-state index contributed by atoms with van der Waals surface area (Å²) in [5.41, 5.74) is 5.28. The van der Waals surface area contributed by atoms with Gasteiger partial charge in [-0.15, -0.1) is 0 Å². The summed E-state index contributed by atoms with van der Waals surface area (Å²) < 4.78 is 0. The average molecular weight is 405 g/mol. The van der Waals surface area contributed by atoms with Gasteiger partial charge in [0.25, 0.3) is 5.91 Å². The third-order valence-electron chi connectivity index (χ3n) is 3.08. The Morgan fingerprint density at radius 2 is 1.61 bits per heavy atom. The number of aliphatic hydroxyl groups is 5. The molecular formula is C12H26N2O8Se. The molecule has 0 aliphatic carbocycles. The maximum atomic E-state index is 11.7. The Balaban J connectivity index is 0. The number of nitrogens with two attached hydrogens (primary N) is 1. The zero-order valence-electron chi connectivity index (χ0n) is 12.5. The van der Waals surface area contributed by atoms with E-state index in [1.54, 1.807) is 0 Å². The first kappa shape index (κ1) is 24.5. The predicted octanol–water partition coefficient (Wildman–Crippen LogP) is -4.80. The number of hydrogen-bond acceptors (Lipinski definition) is 8. The molecule has 0 saturated carbocycles. The Morgan fingerprint density at radius 3 is 2.04 bits per heavy atom. The summed E-state index contributed by atoms with van der Waals surface area (Å²) in [4.78, 5) is 22.7. The number of hydrogen-bond donors (Lipinski definition) is 8. The number of amides is 1. The molecule has 0 radical (unpaired) electrons. The summed E-state index contributed by atoms with van der Waals surface area (Å²) in [7, 11) is 0. The van der Waals surface area contributed by atoms with Gasteiger partial charge in [0, 0.05) is 0 Å². The molecule has 9 N–H and O–H groups in total. The topological polar surface area (TPSA) is 194 Å². The zero-order chi connectivity index (χ0) is 17.3. The van der Waals surface area contributed by atoms with Crippen LogP contribution in [0.5, 0.6) is 0 Å². The number of nitrogens with one attached hydrogen (secondary N) is 1. The Labute approximate surface area is 143 Å². The van der Waals surface area contributed by atoms with Crippen LogP contribution in [-0.2, 0) is 9.59 Å². The van der Waals surface area contributed by atoms with E-state index in [0.29, 0.717) is 19.4 Å². The van der Waals surface area contributed by atoms with E-state index in [-0.39, 0.29) is 23.5 Å². The van der Waals surface area contributed by atoms with E-state index in [0.717, 1.165) is 0 Å². The molecule has 11 heteroatoms. The van der Waals surface area contributed by atoms with E-state index >= 15 is 0 Å². The molecule has 0 aliphatic heterocycles. The van der Waals surface area contributed by atoms with E-state index in [4.69, 9.17) is 21.1 Å². The monoisotopic (exact) mass is 406 g/mol. The van der Waals surface area contributed by atoms with E-state index in [1.807, 2.05) is 5.32 Å². The van der Waals surface area contributed by atoms with Crippen LogP contribution in [0.25, 0.3) is 0 Å². The fourth-order valence-electron chi connectivity index (χ4n) is 1.68. The van der Waals surface area contributed by atoms with Crippen molar-refractivity contribution in [3.63, 3.8) is 0 Å².